The molecule has 25 heavy (non-hydrogen) atoms. The molecule has 1 aliphatic heterocycles. The monoisotopic (exact) mass is 344 g/mol. The third-order valence-corrected chi connectivity index (χ3v) is 5.09. The highest BCUT2D eigenvalue weighted by Gasteiger charge is 2.19. The fourth-order valence-electron chi connectivity index (χ4n) is 3.36. The topological polar surface area (TPSA) is 77.5 Å². The predicted molar refractivity (Wildman–Crippen MR) is 98.3 cm³/mol. The molecule has 0 radical (unpaired) electrons. The van der Waals surface area contributed by atoms with E-state index in [1.165, 1.54) is 12.8 Å². The van der Waals surface area contributed by atoms with E-state index >= 15 is 0 Å². The van der Waals surface area contributed by atoms with Crippen molar-refractivity contribution in [2.24, 2.45) is 11.8 Å². The minimum Gasteiger partial charge on any atom is -0.396 e. The van der Waals surface area contributed by atoms with Crippen LogP contribution in [0.4, 0.5) is 10.6 Å². The molecule has 2 heterocycles. The van der Waals surface area contributed by atoms with E-state index < -0.39 is 0 Å². The van der Waals surface area contributed by atoms with Gasteiger partial charge in [-0.3, -0.25) is 0 Å². The summed E-state index contributed by atoms with van der Waals surface area (Å²) in [4.78, 5) is 18.8. The number of carbonyl (C=O) groups is 1. The Morgan fingerprint density at radius 1 is 1.32 bits per heavy atom. The number of anilines is 1. The second-order valence-corrected chi connectivity index (χ2v) is 7.19. The number of carbonyl (C=O) groups excluding carboxylic acids is 1. The minimum absolute atomic E-state index is 0.000792. The van der Waals surface area contributed by atoms with Gasteiger partial charge < -0.3 is 20.6 Å². The van der Waals surface area contributed by atoms with Crippen molar-refractivity contribution >= 4 is 11.8 Å². The molecule has 3 rings (SSSR count). The number of amides is 2. The van der Waals surface area contributed by atoms with E-state index in [0.29, 0.717) is 6.54 Å². The van der Waals surface area contributed by atoms with Gasteiger partial charge in [-0.15, -0.1) is 0 Å². The van der Waals surface area contributed by atoms with Crippen molar-refractivity contribution in [3.05, 3.63) is 36.0 Å². The fourth-order valence-corrected chi connectivity index (χ4v) is 3.36. The molecule has 2 atom stereocenters. The van der Waals surface area contributed by atoms with Gasteiger partial charge in [0.15, 0.2) is 0 Å². The molecule has 1 aromatic heterocycles. The van der Waals surface area contributed by atoms with Crippen LogP contribution in [0.2, 0.25) is 0 Å². The van der Waals surface area contributed by atoms with Crippen molar-refractivity contribution in [2.75, 3.05) is 24.6 Å². The molecule has 0 spiro atoms. The third kappa shape index (κ3) is 4.95. The van der Waals surface area contributed by atoms with Crippen molar-refractivity contribution in [2.45, 2.75) is 38.8 Å². The van der Waals surface area contributed by atoms with Gasteiger partial charge in [0.1, 0.15) is 5.82 Å². The molecule has 1 aromatic rings. The normalized spacial score (nSPS) is 23.7. The third-order valence-electron chi connectivity index (χ3n) is 5.09. The number of hydrogen-bond donors (Lipinski definition) is 3. The van der Waals surface area contributed by atoms with Crippen LogP contribution in [0, 0.1) is 11.8 Å². The lowest BCUT2D eigenvalue weighted by atomic mass is 9.99. The Morgan fingerprint density at radius 2 is 2.12 bits per heavy atom. The summed E-state index contributed by atoms with van der Waals surface area (Å²) >= 11 is 0. The number of aliphatic hydroxyl groups excluding tert-OH is 1. The summed E-state index contributed by atoms with van der Waals surface area (Å²) in [5.41, 5.74) is 0.986. The number of rotatable bonds is 5. The second-order valence-electron chi connectivity index (χ2n) is 7.19. The maximum Gasteiger partial charge on any atom is 0.315 e. The number of nitrogens with zero attached hydrogens (tertiary/aromatic N) is 2. The zero-order valence-corrected chi connectivity index (χ0v) is 14.8. The molecule has 3 N–H and O–H groups in total. The molecule has 0 unspecified atom stereocenters. The molecule has 6 nitrogen and oxygen atoms in total. The van der Waals surface area contributed by atoms with E-state index in [9.17, 15) is 4.79 Å². The molecular formula is C19H28N4O2. The van der Waals surface area contributed by atoms with Gasteiger partial charge in [0, 0.05) is 44.4 Å². The molecule has 0 saturated carbocycles. The Hall–Kier alpha value is -2.08. The number of hydrogen-bond acceptors (Lipinski definition) is 4. The Balaban J connectivity index is 1.42. The lowest BCUT2D eigenvalue weighted by Crippen LogP contribution is -2.40. The van der Waals surface area contributed by atoms with Crippen LogP contribution in [0.5, 0.6) is 0 Å². The lowest BCUT2D eigenvalue weighted by Gasteiger charge is -2.31. The van der Waals surface area contributed by atoms with Gasteiger partial charge in [0.2, 0.25) is 0 Å². The summed E-state index contributed by atoms with van der Waals surface area (Å²) in [7, 11) is 0. The van der Waals surface area contributed by atoms with Crippen molar-refractivity contribution in [3.63, 3.8) is 0 Å². The Bertz CT molecular complexity index is 594. The van der Waals surface area contributed by atoms with Gasteiger partial charge in [-0.25, -0.2) is 9.78 Å². The van der Waals surface area contributed by atoms with E-state index in [2.05, 4.69) is 27.4 Å². The lowest BCUT2D eigenvalue weighted by molar-refractivity contribution is 0.231. The van der Waals surface area contributed by atoms with E-state index in [-0.39, 0.29) is 24.6 Å². The summed E-state index contributed by atoms with van der Waals surface area (Å²) in [6.45, 7) is 5.02. The molecule has 0 bridgehead atoms. The first-order chi connectivity index (χ1) is 12.1. The van der Waals surface area contributed by atoms with E-state index in [1.54, 1.807) is 0 Å². The SMILES string of the molecule is CC1CCN(c2ccc(CNC(=O)N[C@@H]3C=C[C@H](CO)C3)cn2)CC1. The van der Waals surface area contributed by atoms with Crippen molar-refractivity contribution in [1.29, 1.82) is 0 Å². The van der Waals surface area contributed by atoms with Crippen LogP contribution in [-0.2, 0) is 6.54 Å². The van der Waals surface area contributed by atoms with Gasteiger partial charge >= 0.3 is 6.03 Å². The van der Waals surface area contributed by atoms with Crippen molar-refractivity contribution in [3.8, 4) is 0 Å². The molecule has 2 aliphatic rings. The summed E-state index contributed by atoms with van der Waals surface area (Å²) in [5, 5.41) is 14.9. The summed E-state index contributed by atoms with van der Waals surface area (Å²) in [5.74, 6) is 1.98. The number of nitrogens with one attached hydrogen (secondary N) is 2. The number of aliphatic hydroxyl groups is 1. The molecular weight excluding hydrogens is 316 g/mol. The Kier molecular flexibility index (Phi) is 5.91. The highest BCUT2D eigenvalue weighted by molar-refractivity contribution is 5.74. The molecule has 2 amide bonds. The first-order valence-electron chi connectivity index (χ1n) is 9.17. The summed E-state index contributed by atoms with van der Waals surface area (Å²) in [6, 6.07) is 3.87. The van der Waals surface area contributed by atoms with E-state index in [1.807, 2.05) is 30.5 Å². The average Bonchev–Trinajstić information content (AvgIpc) is 3.09. The number of pyridine rings is 1. The van der Waals surface area contributed by atoms with Crippen LogP contribution < -0.4 is 15.5 Å². The van der Waals surface area contributed by atoms with Gasteiger partial charge in [0.05, 0.1) is 0 Å². The van der Waals surface area contributed by atoms with Crippen LogP contribution in [0.25, 0.3) is 0 Å². The van der Waals surface area contributed by atoms with Gasteiger partial charge in [-0.1, -0.05) is 25.1 Å². The molecule has 6 heteroatoms. The summed E-state index contributed by atoms with van der Waals surface area (Å²) in [6.07, 6.45) is 8.93. The standard InChI is InChI=1S/C19H28N4O2/c1-14-6-8-23(9-7-14)18-5-3-16(11-20-18)12-21-19(25)22-17-4-2-15(10-17)13-24/h2-5,11,14-15,17,24H,6-10,12-13H2,1H3,(H2,21,22,25)/t15-,17+/m0/s1. The quantitative estimate of drug-likeness (QED) is 0.715. The first-order valence-corrected chi connectivity index (χ1v) is 9.17. The average molecular weight is 344 g/mol. The fraction of sp³-hybridized carbons (Fsp3) is 0.579. The number of piperidine rings is 1. The van der Waals surface area contributed by atoms with Crippen molar-refractivity contribution < 1.29 is 9.90 Å². The van der Waals surface area contributed by atoms with Gasteiger partial charge in [-0.05, 0) is 36.8 Å². The Labute approximate surface area is 149 Å². The Morgan fingerprint density at radius 3 is 2.76 bits per heavy atom. The van der Waals surface area contributed by atoms with Gasteiger partial charge in [-0.2, -0.15) is 0 Å². The van der Waals surface area contributed by atoms with Crippen LogP contribution in [0.3, 0.4) is 0 Å². The highest BCUT2D eigenvalue weighted by atomic mass is 16.3. The minimum atomic E-state index is -0.192. The zero-order chi connectivity index (χ0) is 17.6. The maximum atomic E-state index is 12.0. The van der Waals surface area contributed by atoms with Crippen LogP contribution in [0.1, 0.15) is 31.7 Å². The highest BCUT2D eigenvalue weighted by Crippen LogP contribution is 2.21. The molecule has 0 aromatic carbocycles. The predicted octanol–water partition coefficient (Wildman–Crippen LogP) is 2.05. The van der Waals surface area contributed by atoms with Crippen LogP contribution in [-0.4, -0.2) is 41.9 Å². The smallest absolute Gasteiger partial charge is 0.315 e. The van der Waals surface area contributed by atoms with Crippen LogP contribution in [0.15, 0.2) is 30.5 Å². The van der Waals surface area contributed by atoms with Crippen LogP contribution >= 0.6 is 0 Å². The number of urea groups is 1. The molecule has 1 fully saturated rings. The maximum absolute atomic E-state index is 12.0. The summed E-state index contributed by atoms with van der Waals surface area (Å²) < 4.78 is 0. The molecule has 1 aliphatic carbocycles. The second kappa shape index (κ2) is 8.34. The number of aromatic nitrogens is 1. The van der Waals surface area contributed by atoms with E-state index in [4.69, 9.17) is 5.11 Å². The van der Waals surface area contributed by atoms with E-state index in [0.717, 1.165) is 36.8 Å². The van der Waals surface area contributed by atoms with Gasteiger partial charge in [0.25, 0.3) is 0 Å². The molecule has 136 valence electrons. The zero-order valence-electron chi connectivity index (χ0n) is 14.8. The largest absolute Gasteiger partial charge is 0.396 e. The molecule has 1 saturated heterocycles. The first kappa shape index (κ1) is 17.7. The van der Waals surface area contributed by atoms with Crippen molar-refractivity contribution in [1.82, 2.24) is 15.6 Å².